The number of nitrogens with one attached hydrogen (secondary N) is 1. The Kier molecular flexibility index (Phi) is 8.79. The van der Waals surface area contributed by atoms with E-state index in [4.69, 9.17) is 5.84 Å². The average Bonchev–Trinajstić information content (AvgIpc) is 2.84. The first kappa shape index (κ1) is 25.4. The smallest absolute Gasteiger partial charge is 0.244 e. The fourth-order valence-corrected chi connectivity index (χ4v) is 4.36. The summed E-state index contributed by atoms with van der Waals surface area (Å²) < 4.78 is 15.1. The molecule has 7 nitrogen and oxygen atoms in total. The van der Waals surface area contributed by atoms with Crippen molar-refractivity contribution < 1.29 is 9.18 Å². The van der Waals surface area contributed by atoms with E-state index >= 15 is 4.39 Å². The van der Waals surface area contributed by atoms with Gasteiger partial charge in [0.25, 0.3) is 0 Å². The van der Waals surface area contributed by atoms with Crippen molar-refractivity contribution in [2.75, 3.05) is 44.2 Å². The molecule has 3 N–H and O–H groups in total. The highest BCUT2D eigenvalue weighted by Crippen LogP contribution is 2.28. The van der Waals surface area contributed by atoms with Crippen molar-refractivity contribution in [3.05, 3.63) is 77.8 Å². The van der Waals surface area contributed by atoms with Gasteiger partial charge in [0.05, 0.1) is 5.69 Å². The van der Waals surface area contributed by atoms with Gasteiger partial charge in [0, 0.05) is 50.5 Å². The number of hydrazine groups is 1. The number of aliphatic imine (C=N–C) groups is 1. The maximum Gasteiger partial charge on any atom is 0.244 e. The molecule has 1 saturated heterocycles. The minimum absolute atomic E-state index is 0.110. The van der Waals surface area contributed by atoms with Crippen molar-refractivity contribution in [1.82, 2.24) is 15.2 Å². The number of piperazine rings is 1. The van der Waals surface area contributed by atoms with E-state index in [0.29, 0.717) is 62.1 Å². The molecule has 1 aliphatic rings. The van der Waals surface area contributed by atoms with Gasteiger partial charge in [0.2, 0.25) is 5.91 Å². The lowest BCUT2D eigenvalue weighted by atomic mass is 10.0. The maximum absolute atomic E-state index is 15.1. The number of hydrogen-bond acceptors (Lipinski definition) is 5. The van der Waals surface area contributed by atoms with E-state index < -0.39 is 0 Å². The summed E-state index contributed by atoms with van der Waals surface area (Å²) in [6.07, 6.45) is 0. The van der Waals surface area contributed by atoms with Crippen LogP contribution in [0.25, 0.3) is 0 Å². The number of nitrogens with two attached hydrogens (primary N) is 1. The number of amidine groups is 1. The summed E-state index contributed by atoms with van der Waals surface area (Å²) in [5, 5.41) is 0. The second-order valence-electron chi connectivity index (χ2n) is 8.35. The van der Waals surface area contributed by atoms with Crippen molar-refractivity contribution >= 4 is 17.4 Å². The number of anilines is 1. The molecule has 34 heavy (non-hydrogen) atoms. The van der Waals surface area contributed by atoms with Crippen molar-refractivity contribution in [2.45, 2.75) is 26.8 Å². The second-order valence-corrected chi connectivity index (χ2v) is 8.35. The molecule has 1 atom stereocenters. The number of hydrogen-bond donors (Lipinski definition) is 2. The van der Waals surface area contributed by atoms with Gasteiger partial charge < -0.3 is 15.2 Å². The van der Waals surface area contributed by atoms with Crippen LogP contribution in [0.4, 0.5) is 10.1 Å². The summed E-state index contributed by atoms with van der Waals surface area (Å²) in [6, 6.07) is 14.5. The molecule has 2 aromatic carbocycles. The molecule has 0 spiro atoms. The lowest BCUT2D eigenvalue weighted by Gasteiger charge is -2.41. The number of carbonyl (C=O) groups is 1. The van der Waals surface area contributed by atoms with Crippen LogP contribution in [0.15, 0.2) is 65.8 Å². The lowest BCUT2D eigenvalue weighted by molar-refractivity contribution is -0.137. The lowest BCUT2D eigenvalue weighted by Crippen LogP contribution is -2.52. The Labute approximate surface area is 201 Å². The minimum Gasteiger partial charge on any atom is -0.367 e. The van der Waals surface area contributed by atoms with Crippen molar-refractivity contribution in [3.8, 4) is 0 Å². The van der Waals surface area contributed by atoms with Crippen LogP contribution >= 0.6 is 0 Å². The van der Waals surface area contributed by atoms with Crippen LogP contribution in [0.1, 0.15) is 37.9 Å². The van der Waals surface area contributed by atoms with Gasteiger partial charge in [-0.15, -0.1) is 0 Å². The number of carbonyl (C=O) groups excluding carboxylic acids is 1. The van der Waals surface area contributed by atoms with Gasteiger partial charge in [0.1, 0.15) is 17.7 Å². The molecule has 182 valence electrons. The molecule has 3 rings (SSSR count). The number of nitrogens with zero attached hydrogens (tertiary/aromatic N) is 4. The van der Waals surface area contributed by atoms with Crippen LogP contribution in [0.5, 0.6) is 0 Å². The normalized spacial score (nSPS) is 15.7. The van der Waals surface area contributed by atoms with Crippen LogP contribution in [-0.2, 0) is 4.79 Å². The highest BCUT2D eigenvalue weighted by Gasteiger charge is 2.33. The zero-order valence-electron chi connectivity index (χ0n) is 20.3. The third-order valence-electron chi connectivity index (χ3n) is 6.10. The molecular weight excluding hydrogens is 431 g/mol. The van der Waals surface area contributed by atoms with E-state index in [1.807, 2.05) is 54.0 Å². The topological polar surface area (TPSA) is 77.2 Å². The maximum atomic E-state index is 15.1. The molecule has 2 aromatic rings. The zero-order chi connectivity index (χ0) is 24.7. The monoisotopic (exact) mass is 466 g/mol. The summed E-state index contributed by atoms with van der Waals surface area (Å²) in [7, 11) is 0. The summed E-state index contributed by atoms with van der Waals surface area (Å²) in [5.41, 5.74) is 5.15. The third-order valence-corrected chi connectivity index (χ3v) is 6.10. The fraction of sp³-hybridized carbons (Fsp3) is 0.385. The van der Waals surface area contributed by atoms with Gasteiger partial charge in [-0.3, -0.25) is 9.69 Å². The van der Waals surface area contributed by atoms with E-state index in [0.717, 1.165) is 5.56 Å². The standard InChI is InChI=1S/C26H35FN6O/c1-5-31(6-2)26(34)24(20-10-8-7-9-11-20)33-16-14-32(15-17-33)23-13-12-21(18-22(23)27)25(30-28)29-19(3)4/h7-13,18,24H,3,5-6,14-17,28H2,1-2,4H3,(H,29,30). The number of halogens is 1. The molecule has 0 bridgehead atoms. The second kappa shape index (κ2) is 11.8. The van der Waals surface area contributed by atoms with Crippen LogP contribution in [0.2, 0.25) is 0 Å². The number of rotatable bonds is 8. The molecule has 1 fully saturated rings. The molecule has 8 heteroatoms. The zero-order valence-corrected chi connectivity index (χ0v) is 20.3. The number of likely N-dealkylation sites (N-methyl/N-ethyl adjacent to an activating group) is 1. The Hall–Kier alpha value is -3.23. The highest BCUT2D eigenvalue weighted by molar-refractivity contribution is 5.99. The Morgan fingerprint density at radius 3 is 2.32 bits per heavy atom. The average molecular weight is 467 g/mol. The predicted molar refractivity (Wildman–Crippen MR) is 136 cm³/mol. The van der Waals surface area contributed by atoms with Crippen LogP contribution in [0.3, 0.4) is 0 Å². The van der Waals surface area contributed by atoms with Gasteiger partial charge in [-0.05, 0) is 44.5 Å². The quantitative estimate of drug-likeness (QED) is 0.270. The first-order chi connectivity index (χ1) is 16.4. The first-order valence-corrected chi connectivity index (χ1v) is 11.7. The Bertz CT molecular complexity index is 1010. The summed E-state index contributed by atoms with van der Waals surface area (Å²) in [4.78, 5) is 23.7. The molecule has 0 radical (unpaired) electrons. The van der Waals surface area contributed by atoms with Crippen molar-refractivity contribution in [1.29, 1.82) is 0 Å². The number of benzene rings is 2. The van der Waals surface area contributed by atoms with E-state index in [2.05, 4.69) is 21.9 Å². The Morgan fingerprint density at radius 1 is 1.15 bits per heavy atom. The van der Waals surface area contributed by atoms with Gasteiger partial charge in [-0.1, -0.05) is 36.9 Å². The Balaban J connectivity index is 1.77. The summed E-state index contributed by atoms with van der Waals surface area (Å²) >= 11 is 0. The third kappa shape index (κ3) is 5.81. The van der Waals surface area contributed by atoms with Gasteiger partial charge >= 0.3 is 0 Å². The minimum atomic E-state index is -0.341. The van der Waals surface area contributed by atoms with Gasteiger partial charge in [0.15, 0.2) is 0 Å². The van der Waals surface area contributed by atoms with Crippen LogP contribution in [0, 0.1) is 5.82 Å². The van der Waals surface area contributed by atoms with Crippen LogP contribution in [-0.4, -0.2) is 60.8 Å². The van der Waals surface area contributed by atoms with Gasteiger partial charge in [-0.2, -0.15) is 0 Å². The largest absolute Gasteiger partial charge is 0.367 e. The molecule has 0 aliphatic carbocycles. The van der Waals surface area contributed by atoms with Crippen LogP contribution < -0.4 is 16.2 Å². The molecular formula is C26H35FN6O. The van der Waals surface area contributed by atoms with E-state index in [-0.39, 0.29) is 17.8 Å². The molecule has 0 saturated carbocycles. The molecule has 1 amide bonds. The van der Waals surface area contributed by atoms with Crippen molar-refractivity contribution in [2.24, 2.45) is 10.8 Å². The predicted octanol–water partition coefficient (Wildman–Crippen LogP) is 3.30. The van der Waals surface area contributed by atoms with E-state index in [9.17, 15) is 4.79 Å². The van der Waals surface area contributed by atoms with Crippen molar-refractivity contribution in [3.63, 3.8) is 0 Å². The summed E-state index contributed by atoms with van der Waals surface area (Å²) in [6.45, 7) is 13.4. The highest BCUT2D eigenvalue weighted by atomic mass is 19.1. The summed E-state index contributed by atoms with van der Waals surface area (Å²) in [5.74, 6) is 5.69. The van der Waals surface area contributed by atoms with E-state index in [1.165, 1.54) is 6.07 Å². The van der Waals surface area contributed by atoms with Gasteiger partial charge in [-0.25, -0.2) is 15.2 Å². The molecule has 1 aliphatic heterocycles. The number of amides is 1. The molecule has 0 aromatic heterocycles. The molecule has 1 heterocycles. The number of allylic oxidation sites excluding steroid dienone is 1. The first-order valence-electron chi connectivity index (χ1n) is 11.7. The fourth-order valence-electron chi connectivity index (χ4n) is 4.36. The molecule has 1 unspecified atom stereocenters. The SMILES string of the molecule is C=C(C)/N=C(\NN)c1ccc(N2CCN(C(C(=O)N(CC)CC)c3ccccc3)CC2)c(F)c1. The Morgan fingerprint density at radius 2 is 1.79 bits per heavy atom. The van der Waals surface area contributed by atoms with E-state index in [1.54, 1.807) is 19.1 Å².